The van der Waals surface area contributed by atoms with Gasteiger partial charge >= 0.3 is 0 Å². The molecule has 2 aromatic rings. The van der Waals surface area contributed by atoms with Gasteiger partial charge in [-0.3, -0.25) is 4.79 Å². The fraction of sp³-hybridized carbons (Fsp3) is 0.214. The number of amides is 1. The molecule has 0 aliphatic heterocycles. The standard InChI is InChI=1S/C14H15N3O2/c1-2-19-14-10-15-12(9-16-14)17-13(18)8-11-6-4-3-5-7-11/h3-7,9-10H,2,8H2,1H3,(H,15,17,18). The Morgan fingerprint density at radius 1 is 1.21 bits per heavy atom. The SMILES string of the molecule is CCOc1cnc(NC(=O)Cc2ccccc2)cn1. The summed E-state index contributed by atoms with van der Waals surface area (Å²) in [5, 5.41) is 2.69. The molecule has 0 bridgehead atoms. The van der Waals surface area contributed by atoms with Crippen LogP contribution in [0.3, 0.4) is 0 Å². The quantitative estimate of drug-likeness (QED) is 0.890. The molecule has 1 aromatic heterocycles. The van der Waals surface area contributed by atoms with Crippen molar-refractivity contribution >= 4 is 11.7 Å². The number of aromatic nitrogens is 2. The molecule has 0 aliphatic rings. The highest BCUT2D eigenvalue weighted by atomic mass is 16.5. The molecule has 0 unspecified atom stereocenters. The van der Waals surface area contributed by atoms with Crippen LogP contribution in [-0.4, -0.2) is 22.5 Å². The summed E-state index contributed by atoms with van der Waals surface area (Å²) in [5.41, 5.74) is 0.957. The van der Waals surface area contributed by atoms with Crippen molar-refractivity contribution in [2.75, 3.05) is 11.9 Å². The van der Waals surface area contributed by atoms with Crippen molar-refractivity contribution in [3.63, 3.8) is 0 Å². The largest absolute Gasteiger partial charge is 0.477 e. The zero-order chi connectivity index (χ0) is 13.5. The van der Waals surface area contributed by atoms with E-state index < -0.39 is 0 Å². The van der Waals surface area contributed by atoms with Gasteiger partial charge in [0, 0.05) is 0 Å². The van der Waals surface area contributed by atoms with Gasteiger partial charge in [0.1, 0.15) is 0 Å². The lowest BCUT2D eigenvalue weighted by atomic mass is 10.1. The number of benzene rings is 1. The van der Waals surface area contributed by atoms with Crippen LogP contribution in [0.2, 0.25) is 0 Å². The van der Waals surface area contributed by atoms with Gasteiger partial charge in [0.15, 0.2) is 5.82 Å². The van der Waals surface area contributed by atoms with Gasteiger partial charge in [0.25, 0.3) is 0 Å². The summed E-state index contributed by atoms with van der Waals surface area (Å²) in [6.07, 6.45) is 3.28. The summed E-state index contributed by atoms with van der Waals surface area (Å²) in [5.74, 6) is 0.748. The highest BCUT2D eigenvalue weighted by Gasteiger charge is 2.05. The summed E-state index contributed by atoms with van der Waals surface area (Å²) in [7, 11) is 0. The first-order chi connectivity index (χ1) is 9.28. The minimum atomic E-state index is -0.121. The van der Waals surface area contributed by atoms with Crippen molar-refractivity contribution in [2.45, 2.75) is 13.3 Å². The van der Waals surface area contributed by atoms with Gasteiger partial charge in [0.2, 0.25) is 11.8 Å². The second-order valence-electron chi connectivity index (χ2n) is 3.88. The highest BCUT2D eigenvalue weighted by molar-refractivity contribution is 5.91. The molecule has 0 atom stereocenters. The maximum Gasteiger partial charge on any atom is 0.232 e. The first kappa shape index (κ1) is 13.0. The van der Waals surface area contributed by atoms with Crippen LogP contribution < -0.4 is 10.1 Å². The van der Waals surface area contributed by atoms with Crippen LogP contribution in [0.5, 0.6) is 5.88 Å². The molecule has 0 saturated carbocycles. The fourth-order valence-electron chi connectivity index (χ4n) is 1.57. The molecule has 1 aromatic carbocycles. The molecule has 5 heteroatoms. The lowest BCUT2D eigenvalue weighted by molar-refractivity contribution is -0.115. The normalized spacial score (nSPS) is 9.95. The first-order valence-electron chi connectivity index (χ1n) is 6.06. The number of carbonyl (C=O) groups excluding carboxylic acids is 1. The van der Waals surface area contributed by atoms with Crippen LogP contribution in [0.15, 0.2) is 42.7 Å². The van der Waals surface area contributed by atoms with Gasteiger partial charge in [-0.2, -0.15) is 0 Å². The van der Waals surface area contributed by atoms with E-state index in [1.807, 2.05) is 37.3 Å². The average Bonchev–Trinajstić information content (AvgIpc) is 2.42. The molecule has 0 spiro atoms. The number of ether oxygens (including phenoxy) is 1. The summed E-state index contributed by atoms with van der Waals surface area (Å²) in [6.45, 7) is 2.41. The van der Waals surface area contributed by atoms with E-state index in [2.05, 4.69) is 15.3 Å². The van der Waals surface area contributed by atoms with E-state index >= 15 is 0 Å². The van der Waals surface area contributed by atoms with Crippen molar-refractivity contribution in [3.8, 4) is 5.88 Å². The third-order valence-corrected chi connectivity index (χ3v) is 2.40. The van der Waals surface area contributed by atoms with Crippen LogP contribution in [0.25, 0.3) is 0 Å². The van der Waals surface area contributed by atoms with Crippen molar-refractivity contribution in [1.29, 1.82) is 0 Å². The first-order valence-corrected chi connectivity index (χ1v) is 6.06. The molecular weight excluding hydrogens is 242 g/mol. The predicted octanol–water partition coefficient (Wildman–Crippen LogP) is 2.06. The van der Waals surface area contributed by atoms with Crippen molar-refractivity contribution < 1.29 is 9.53 Å². The molecule has 1 amide bonds. The third kappa shape index (κ3) is 4.06. The maximum atomic E-state index is 11.8. The Morgan fingerprint density at radius 2 is 2.00 bits per heavy atom. The second kappa shape index (κ2) is 6.49. The molecule has 5 nitrogen and oxygen atoms in total. The zero-order valence-corrected chi connectivity index (χ0v) is 10.7. The fourth-order valence-corrected chi connectivity index (χ4v) is 1.57. The molecule has 0 saturated heterocycles. The molecule has 1 N–H and O–H groups in total. The Kier molecular flexibility index (Phi) is 4.44. The number of carbonyl (C=O) groups is 1. The lowest BCUT2D eigenvalue weighted by Crippen LogP contribution is -2.15. The Labute approximate surface area is 111 Å². The minimum Gasteiger partial charge on any atom is -0.477 e. The van der Waals surface area contributed by atoms with Crippen LogP contribution in [-0.2, 0) is 11.2 Å². The smallest absolute Gasteiger partial charge is 0.232 e. The van der Waals surface area contributed by atoms with Gasteiger partial charge in [-0.25, -0.2) is 9.97 Å². The average molecular weight is 257 g/mol. The number of hydrogen-bond acceptors (Lipinski definition) is 4. The van der Waals surface area contributed by atoms with E-state index in [-0.39, 0.29) is 5.91 Å². The zero-order valence-electron chi connectivity index (χ0n) is 10.7. The van der Waals surface area contributed by atoms with E-state index in [1.54, 1.807) is 0 Å². The Hall–Kier alpha value is -2.43. The van der Waals surface area contributed by atoms with Crippen LogP contribution in [0.4, 0.5) is 5.82 Å². The predicted molar refractivity (Wildman–Crippen MR) is 72.0 cm³/mol. The van der Waals surface area contributed by atoms with Gasteiger partial charge in [0.05, 0.1) is 25.4 Å². The Bertz CT molecular complexity index is 526. The highest BCUT2D eigenvalue weighted by Crippen LogP contribution is 2.08. The molecule has 2 rings (SSSR count). The van der Waals surface area contributed by atoms with Crippen molar-refractivity contribution in [1.82, 2.24) is 9.97 Å². The molecule has 19 heavy (non-hydrogen) atoms. The molecular formula is C14H15N3O2. The maximum absolute atomic E-state index is 11.8. The number of hydrogen-bond donors (Lipinski definition) is 1. The number of nitrogens with one attached hydrogen (secondary N) is 1. The minimum absolute atomic E-state index is 0.121. The van der Waals surface area contributed by atoms with Gasteiger partial charge < -0.3 is 10.1 Å². The van der Waals surface area contributed by atoms with Crippen LogP contribution in [0, 0.1) is 0 Å². The summed E-state index contributed by atoms with van der Waals surface area (Å²) >= 11 is 0. The Balaban J connectivity index is 1.91. The Morgan fingerprint density at radius 3 is 2.63 bits per heavy atom. The van der Waals surface area contributed by atoms with E-state index in [1.165, 1.54) is 12.4 Å². The van der Waals surface area contributed by atoms with Gasteiger partial charge in [-0.1, -0.05) is 30.3 Å². The number of rotatable bonds is 5. The van der Waals surface area contributed by atoms with E-state index in [4.69, 9.17) is 4.74 Å². The van der Waals surface area contributed by atoms with Gasteiger partial charge in [-0.15, -0.1) is 0 Å². The second-order valence-corrected chi connectivity index (χ2v) is 3.88. The molecule has 98 valence electrons. The molecule has 0 fully saturated rings. The number of anilines is 1. The topological polar surface area (TPSA) is 64.1 Å². The molecule has 1 heterocycles. The lowest BCUT2D eigenvalue weighted by Gasteiger charge is -2.05. The van der Waals surface area contributed by atoms with E-state index in [0.717, 1.165) is 5.56 Å². The van der Waals surface area contributed by atoms with Crippen molar-refractivity contribution in [2.24, 2.45) is 0 Å². The summed E-state index contributed by atoms with van der Waals surface area (Å²) < 4.78 is 5.18. The molecule has 0 aliphatic carbocycles. The van der Waals surface area contributed by atoms with Crippen LogP contribution >= 0.6 is 0 Å². The number of nitrogens with zero attached hydrogens (tertiary/aromatic N) is 2. The summed E-state index contributed by atoms with van der Waals surface area (Å²) in [6, 6.07) is 9.53. The van der Waals surface area contributed by atoms with Crippen LogP contribution in [0.1, 0.15) is 12.5 Å². The third-order valence-electron chi connectivity index (χ3n) is 2.40. The van der Waals surface area contributed by atoms with E-state index in [0.29, 0.717) is 24.7 Å². The van der Waals surface area contributed by atoms with Gasteiger partial charge in [-0.05, 0) is 12.5 Å². The molecule has 0 radical (unpaired) electrons. The van der Waals surface area contributed by atoms with Crippen molar-refractivity contribution in [3.05, 3.63) is 48.3 Å². The van der Waals surface area contributed by atoms with E-state index in [9.17, 15) is 4.79 Å². The summed E-state index contributed by atoms with van der Waals surface area (Å²) in [4.78, 5) is 19.9. The monoisotopic (exact) mass is 257 g/mol.